The molecule has 0 saturated heterocycles. The molecule has 7 aromatic carbocycles. The van der Waals surface area contributed by atoms with Crippen molar-refractivity contribution in [3.63, 3.8) is 0 Å². The predicted octanol–water partition coefficient (Wildman–Crippen LogP) is 11.1. The van der Waals surface area contributed by atoms with Gasteiger partial charge in [-0.3, -0.25) is 9.13 Å². The zero-order chi connectivity index (χ0) is 40.0. The smallest absolute Gasteiger partial charge is 0.240 e. The maximum Gasteiger partial charge on any atom is 0.240 e. The van der Waals surface area contributed by atoms with Crippen molar-refractivity contribution in [1.82, 2.24) is 24.1 Å². The Morgan fingerprint density at radius 3 is 1.16 bits per heavy atom. The Kier molecular flexibility index (Phi) is 4.83. The number of para-hydroxylation sites is 4. The summed E-state index contributed by atoms with van der Waals surface area (Å²) in [7, 11) is 0. The van der Waals surface area contributed by atoms with Gasteiger partial charge in [-0.2, -0.15) is 15.0 Å². The Labute approximate surface area is 299 Å². The highest BCUT2D eigenvalue weighted by Crippen LogP contribution is 2.39. The lowest BCUT2D eigenvalue weighted by Crippen LogP contribution is -2.10. The van der Waals surface area contributed by atoms with Gasteiger partial charge in [-0.05, 0) is 46.4 Å². The minimum atomic E-state index is -0.0264. The van der Waals surface area contributed by atoms with Crippen LogP contribution in [0.2, 0.25) is 0 Å². The van der Waals surface area contributed by atoms with Gasteiger partial charge < -0.3 is 0 Å². The van der Waals surface area contributed by atoms with Crippen molar-refractivity contribution in [3.8, 4) is 45.5 Å². The molecule has 0 spiro atoms. The van der Waals surface area contributed by atoms with Crippen LogP contribution in [-0.4, -0.2) is 24.1 Å². The Balaban J connectivity index is 1.38. The van der Waals surface area contributed by atoms with Crippen molar-refractivity contribution in [2.45, 2.75) is 0 Å². The summed E-state index contributed by atoms with van der Waals surface area (Å²) in [5, 5.41) is 1.22. The molecule has 0 aliphatic rings. The zero-order valence-corrected chi connectivity index (χ0v) is 26.4. The maximum absolute atomic E-state index is 9.11. The Morgan fingerprint density at radius 2 is 0.700 bits per heavy atom. The molecule has 0 unspecified atom stereocenters. The second kappa shape index (κ2) is 11.4. The third-order valence-electron chi connectivity index (χ3n) is 8.95. The van der Waals surface area contributed by atoms with Crippen molar-refractivity contribution in [1.29, 1.82) is 0 Å². The van der Waals surface area contributed by atoms with Crippen LogP contribution in [0, 0.1) is 0 Å². The molecule has 0 radical (unpaired) electrons. The van der Waals surface area contributed by atoms with Crippen molar-refractivity contribution in [2.75, 3.05) is 0 Å². The van der Waals surface area contributed by atoms with Crippen LogP contribution in [0.15, 0.2) is 176 Å². The van der Waals surface area contributed by atoms with E-state index in [4.69, 9.17) is 25.9 Å². The van der Waals surface area contributed by atoms with Gasteiger partial charge in [0.15, 0.2) is 5.82 Å². The third kappa shape index (κ3) is 4.37. The van der Waals surface area contributed by atoms with Gasteiger partial charge in [-0.25, -0.2) is 0 Å². The molecule has 234 valence electrons. The predicted molar refractivity (Wildman–Crippen MR) is 205 cm³/mol. The van der Waals surface area contributed by atoms with E-state index in [1.165, 1.54) is 57.7 Å². The Bertz CT molecular complexity index is 3050. The summed E-state index contributed by atoms with van der Waals surface area (Å²) in [6.07, 6.45) is 0. The minimum Gasteiger partial charge on any atom is -0.278 e. The average Bonchev–Trinajstić information content (AvgIpc) is 3.82. The number of hydrogen-bond acceptors (Lipinski definition) is 3. The fourth-order valence-electron chi connectivity index (χ4n) is 6.81. The van der Waals surface area contributed by atoms with E-state index in [0.717, 1.165) is 22.3 Å². The summed E-state index contributed by atoms with van der Waals surface area (Å²) < 4.78 is 75.2. The molecular formula is C45H29N5. The van der Waals surface area contributed by atoms with Crippen molar-refractivity contribution in [2.24, 2.45) is 0 Å². The lowest BCUT2D eigenvalue weighted by atomic mass is 9.91. The van der Waals surface area contributed by atoms with Gasteiger partial charge in [-0.15, -0.1) is 0 Å². The fourth-order valence-corrected chi connectivity index (χ4v) is 6.81. The number of rotatable bonds is 5. The van der Waals surface area contributed by atoms with Crippen molar-refractivity contribution >= 4 is 43.6 Å². The largest absolute Gasteiger partial charge is 0.278 e. The van der Waals surface area contributed by atoms with Crippen LogP contribution in [0.1, 0.15) is 11.0 Å². The maximum atomic E-state index is 9.11. The normalized spacial score (nSPS) is 13.8. The van der Waals surface area contributed by atoms with Crippen LogP contribution in [0.3, 0.4) is 0 Å². The first-order valence-electron chi connectivity index (χ1n) is 20.1. The zero-order valence-electron chi connectivity index (χ0n) is 34.4. The molecule has 0 aliphatic heterocycles. The summed E-state index contributed by atoms with van der Waals surface area (Å²) >= 11 is 0. The number of nitrogens with zero attached hydrogens (tertiary/aromatic N) is 5. The monoisotopic (exact) mass is 647 g/mol. The lowest BCUT2D eigenvalue weighted by molar-refractivity contribution is 0.893. The molecule has 0 N–H and O–H groups in total. The quantitative estimate of drug-likeness (QED) is 0.187. The second-order valence-corrected chi connectivity index (χ2v) is 11.8. The highest BCUT2D eigenvalue weighted by Gasteiger charge is 2.22. The van der Waals surface area contributed by atoms with Gasteiger partial charge >= 0.3 is 0 Å². The van der Waals surface area contributed by atoms with Crippen molar-refractivity contribution in [3.05, 3.63) is 176 Å². The van der Waals surface area contributed by atoms with Gasteiger partial charge in [0.1, 0.15) is 0 Å². The summed E-state index contributed by atoms with van der Waals surface area (Å²) in [5.74, 6) is 0.135. The van der Waals surface area contributed by atoms with E-state index in [0.29, 0.717) is 27.1 Å². The lowest BCUT2D eigenvalue weighted by Gasteiger charge is -2.16. The fraction of sp³-hybridized carbons (Fsp3) is 0. The standard InChI is InChI=1S/C45H29N5/c1-2-16-30(17-3-1)31-18-4-5-19-32(31)33-20-6-7-25-38(33)43-46-44(49-39-26-12-8-21-34(39)35-22-9-13-27-40(35)49)48-45(47-43)50-41-28-14-10-23-36(41)37-24-11-15-29-42(37)50/h1-29H/i21D,22D,23D,24D,26D,27D,28D,29D. The van der Waals surface area contributed by atoms with Crippen LogP contribution >= 0.6 is 0 Å². The first kappa shape index (κ1) is 21.2. The SMILES string of the molecule is [2H]c1ccc([2H])c2c1c1c([2H])ccc([2H])c1n2-c1nc(-c2ccccc2-c2ccccc2-c2ccccc2)nc(-n2c3c([2H])ccc([2H])c3c3c([2H])ccc([2H])c32)n1. The van der Waals surface area contributed by atoms with E-state index in [9.17, 15) is 0 Å². The average molecular weight is 648 g/mol. The van der Waals surface area contributed by atoms with E-state index in [2.05, 4.69) is 0 Å². The van der Waals surface area contributed by atoms with E-state index in [1.54, 1.807) is 0 Å². The molecule has 0 fully saturated rings. The molecule has 3 aromatic heterocycles. The molecule has 10 rings (SSSR count). The molecule has 5 heteroatoms. The summed E-state index contributed by atoms with van der Waals surface area (Å²) in [6, 6.07) is 38.0. The highest BCUT2D eigenvalue weighted by atomic mass is 15.3. The molecule has 0 saturated carbocycles. The summed E-state index contributed by atoms with van der Waals surface area (Å²) in [4.78, 5) is 15.2. The van der Waals surface area contributed by atoms with Gasteiger partial charge in [0.05, 0.1) is 33.0 Å². The molecule has 0 aliphatic carbocycles. The van der Waals surface area contributed by atoms with Gasteiger partial charge in [-0.1, -0.05) is 152 Å². The van der Waals surface area contributed by atoms with Crippen LogP contribution in [-0.2, 0) is 0 Å². The van der Waals surface area contributed by atoms with Gasteiger partial charge in [0.2, 0.25) is 11.9 Å². The summed E-state index contributed by atoms with van der Waals surface area (Å²) in [5.41, 5.74) is 5.20. The topological polar surface area (TPSA) is 48.5 Å². The molecule has 3 heterocycles. The van der Waals surface area contributed by atoms with Crippen LogP contribution in [0.4, 0.5) is 0 Å². The number of fused-ring (bicyclic) bond motifs is 6. The molecule has 10 aromatic rings. The van der Waals surface area contributed by atoms with E-state index < -0.39 is 0 Å². The Morgan fingerprint density at radius 1 is 0.340 bits per heavy atom. The molecule has 0 amide bonds. The number of aromatic nitrogens is 5. The molecule has 0 bridgehead atoms. The van der Waals surface area contributed by atoms with Gasteiger partial charge in [0, 0.05) is 27.1 Å². The minimum absolute atomic E-state index is 0.0261. The molecule has 50 heavy (non-hydrogen) atoms. The molecule has 0 atom stereocenters. The third-order valence-corrected chi connectivity index (χ3v) is 8.95. The Hall–Kier alpha value is -6.85. The van der Waals surface area contributed by atoms with Crippen LogP contribution in [0.25, 0.3) is 89.2 Å². The van der Waals surface area contributed by atoms with Crippen LogP contribution in [0.5, 0.6) is 0 Å². The van der Waals surface area contributed by atoms with Crippen molar-refractivity contribution < 1.29 is 11.0 Å². The first-order chi connectivity index (χ1) is 28.1. The second-order valence-electron chi connectivity index (χ2n) is 11.8. The number of benzene rings is 7. The van der Waals surface area contributed by atoms with E-state index in [1.807, 2.05) is 78.9 Å². The van der Waals surface area contributed by atoms with E-state index in [-0.39, 0.29) is 88.1 Å². The molecule has 5 nitrogen and oxygen atoms in total. The highest BCUT2D eigenvalue weighted by molar-refractivity contribution is 6.10. The van der Waals surface area contributed by atoms with Crippen LogP contribution < -0.4 is 0 Å². The van der Waals surface area contributed by atoms with Gasteiger partial charge in [0.25, 0.3) is 0 Å². The first-order valence-corrected chi connectivity index (χ1v) is 16.1. The summed E-state index contributed by atoms with van der Waals surface area (Å²) in [6.45, 7) is 0. The number of hydrogen-bond donors (Lipinski definition) is 0. The van der Waals surface area contributed by atoms with E-state index >= 15 is 0 Å². The molecular weight excluding hydrogens is 611 g/mol.